The Balaban J connectivity index is 1.87. The molecule has 8 nitrogen and oxygen atoms in total. The molecule has 1 heterocycles. The second-order valence-corrected chi connectivity index (χ2v) is 10.7. The summed E-state index contributed by atoms with van der Waals surface area (Å²) in [6.07, 6.45) is 1.20. The molecule has 1 aromatic rings. The number of rotatable bonds is 7. The van der Waals surface area contributed by atoms with Crippen molar-refractivity contribution >= 4 is 25.8 Å². The van der Waals surface area contributed by atoms with Gasteiger partial charge in [-0.05, 0) is 12.1 Å². The maximum Gasteiger partial charge on any atom is 0.243 e. The summed E-state index contributed by atoms with van der Waals surface area (Å²) in [5.74, 6) is -0.159. The summed E-state index contributed by atoms with van der Waals surface area (Å²) in [6.45, 7) is 2.31. The molecular weight excluding hydrogens is 378 g/mol. The van der Waals surface area contributed by atoms with E-state index in [0.717, 1.165) is 4.31 Å². The van der Waals surface area contributed by atoms with Crippen molar-refractivity contribution in [1.29, 1.82) is 0 Å². The summed E-state index contributed by atoms with van der Waals surface area (Å²) in [5, 5.41) is 0. The smallest absolute Gasteiger partial charge is 0.243 e. The van der Waals surface area contributed by atoms with Crippen LogP contribution in [0.1, 0.15) is 0 Å². The first-order valence-electron chi connectivity index (χ1n) is 8.29. The fourth-order valence-electron chi connectivity index (χ4n) is 2.66. The molecule has 0 radical (unpaired) electrons. The van der Waals surface area contributed by atoms with Gasteiger partial charge in [0.1, 0.15) is 9.84 Å². The van der Waals surface area contributed by atoms with Crippen LogP contribution >= 0.6 is 0 Å². The van der Waals surface area contributed by atoms with E-state index in [9.17, 15) is 21.6 Å². The number of carbonyl (C=O) groups is 1. The molecule has 0 N–H and O–H groups in total. The predicted molar refractivity (Wildman–Crippen MR) is 99.0 cm³/mol. The largest absolute Gasteiger partial charge is 0.339 e. The lowest BCUT2D eigenvalue weighted by molar-refractivity contribution is -0.132. The van der Waals surface area contributed by atoms with E-state index >= 15 is 0 Å². The number of hydrogen-bond acceptors (Lipinski definition) is 6. The summed E-state index contributed by atoms with van der Waals surface area (Å²) >= 11 is 0. The lowest BCUT2D eigenvalue weighted by atomic mass is 10.3. The average molecular weight is 404 g/mol. The summed E-state index contributed by atoms with van der Waals surface area (Å²) in [7, 11) is -5.32. The Hall–Kier alpha value is -1.49. The molecule has 1 aromatic carbocycles. The molecule has 0 aromatic heterocycles. The van der Waals surface area contributed by atoms with Crippen LogP contribution in [0.25, 0.3) is 0 Å². The normalized spacial score (nSPS) is 16.8. The van der Waals surface area contributed by atoms with Crippen LogP contribution in [0, 0.1) is 0 Å². The fraction of sp³-hybridized carbons (Fsp3) is 0.562. The van der Waals surface area contributed by atoms with Crippen LogP contribution in [0.2, 0.25) is 0 Å². The van der Waals surface area contributed by atoms with Crippen molar-refractivity contribution in [3.63, 3.8) is 0 Å². The summed E-state index contributed by atoms with van der Waals surface area (Å²) in [5.41, 5.74) is 0. The Bertz CT molecular complexity index is 817. The van der Waals surface area contributed by atoms with Crippen molar-refractivity contribution in [3.8, 4) is 0 Å². The highest BCUT2D eigenvalue weighted by atomic mass is 32.2. The maximum atomic E-state index is 12.5. The molecule has 0 bridgehead atoms. The predicted octanol–water partition coefficient (Wildman–Crippen LogP) is -0.504. The quantitative estimate of drug-likeness (QED) is 0.609. The van der Waals surface area contributed by atoms with E-state index in [1.807, 2.05) is 4.90 Å². The zero-order valence-corrected chi connectivity index (χ0v) is 16.7. The number of sulfone groups is 1. The number of likely N-dealkylation sites (N-methyl/N-ethyl adjacent to an activating group) is 1. The Morgan fingerprint density at radius 3 is 2.15 bits per heavy atom. The van der Waals surface area contributed by atoms with Gasteiger partial charge in [-0.15, -0.1) is 0 Å². The summed E-state index contributed by atoms with van der Waals surface area (Å²) in [4.78, 5) is 16.2. The Morgan fingerprint density at radius 2 is 1.62 bits per heavy atom. The van der Waals surface area contributed by atoms with E-state index in [2.05, 4.69) is 0 Å². The van der Waals surface area contributed by atoms with Crippen LogP contribution in [-0.2, 0) is 24.7 Å². The van der Waals surface area contributed by atoms with Gasteiger partial charge in [-0.2, -0.15) is 4.31 Å². The minimum absolute atomic E-state index is 0.0962. The topological polar surface area (TPSA) is 95.1 Å². The van der Waals surface area contributed by atoms with E-state index in [1.165, 1.54) is 25.4 Å². The third kappa shape index (κ3) is 5.76. The highest BCUT2D eigenvalue weighted by molar-refractivity contribution is 7.90. The van der Waals surface area contributed by atoms with Gasteiger partial charge in [0.25, 0.3) is 0 Å². The van der Waals surface area contributed by atoms with Gasteiger partial charge in [0, 0.05) is 46.0 Å². The van der Waals surface area contributed by atoms with Crippen LogP contribution < -0.4 is 0 Å². The molecule has 0 spiro atoms. The molecule has 0 saturated carbocycles. The van der Waals surface area contributed by atoms with Crippen LogP contribution in [0.15, 0.2) is 35.2 Å². The third-order valence-corrected chi connectivity index (χ3v) is 7.05. The minimum atomic E-state index is -3.70. The minimum Gasteiger partial charge on any atom is -0.339 e. The van der Waals surface area contributed by atoms with Crippen LogP contribution in [-0.4, -0.2) is 95.2 Å². The van der Waals surface area contributed by atoms with Crippen LogP contribution in [0.4, 0.5) is 0 Å². The highest BCUT2D eigenvalue weighted by Crippen LogP contribution is 2.14. The van der Waals surface area contributed by atoms with E-state index in [4.69, 9.17) is 0 Å². The second kappa shape index (κ2) is 8.47. The van der Waals surface area contributed by atoms with Gasteiger partial charge in [-0.3, -0.25) is 9.69 Å². The number of sulfonamides is 1. The van der Waals surface area contributed by atoms with Gasteiger partial charge >= 0.3 is 0 Å². The maximum absolute atomic E-state index is 12.5. The SMILES string of the molecule is CN(CC(=O)N1CCN(CCS(C)(=O)=O)CC1)S(=O)(=O)c1ccccc1. The van der Waals surface area contributed by atoms with Crippen molar-refractivity contribution < 1.29 is 21.6 Å². The zero-order chi connectivity index (χ0) is 19.4. The molecule has 1 amide bonds. The highest BCUT2D eigenvalue weighted by Gasteiger charge is 2.27. The van der Waals surface area contributed by atoms with Gasteiger partial charge in [-0.1, -0.05) is 18.2 Å². The zero-order valence-electron chi connectivity index (χ0n) is 15.0. The summed E-state index contributed by atoms with van der Waals surface area (Å²) < 4.78 is 48.4. The standard InChI is InChI=1S/C16H25N3O5S2/c1-17(26(23,24)15-6-4-3-5-7-15)14-16(20)19-10-8-18(9-11-19)12-13-25(2,21)22/h3-7H,8-14H2,1-2H3. The summed E-state index contributed by atoms with van der Waals surface area (Å²) in [6, 6.07) is 8.00. The Labute approximate surface area is 155 Å². The van der Waals surface area contributed by atoms with Gasteiger partial charge in [0.05, 0.1) is 17.2 Å². The number of hydrogen-bond donors (Lipinski definition) is 0. The first-order chi connectivity index (χ1) is 12.1. The molecule has 0 atom stereocenters. The van der Waals surface area contributed by atoms with Gasteiger partial charge in [0.15, 0.2) is 0 Å². The third-order valence-electron chi connectivity index (χ3n) is 4.31. The molecular formula is C16H25N3O5S2. The van der Waals surface area contributed by atoms with Crippen LogP contribution in [0.5, 0.6) is 0 Å². The monoisotopic (exact) mass is 403 g/mol. The van der Waals surface area contributed by atoms with E-state index in [1.54, 1.807) is 23.1 Å². The van der Waals surface area contributed by atoms with Crippen molar-refractivity contribution in [1.82, 2.24) is 14.1 Å². The first kappa shape index (κ1) is 20.8. The van der Waals surface area contributed by atoms with Crippen LogP contribution in [0.3, 0.4) is 0 Å². The number of amides is 1. The molecule has 1 saturated heterocycles. The molecule has 1 fully saturated rings. The van der Waals surface area contributed by atoms with E-state index in [-0.39, 0.29) is 23.1 Å². The van der Waals surface area contributed by atoms with Crippen molar-refractivity contribution in [3.05, 3.63) is 30.3 Å². The molecule has 10 heteroatoms. The Morgan fingerprint density at radius 1 is 1.04 bits per heavy atom. The number of nitrogens with zero attached hydrogens (tertiary/aromatic N) is 3. The fourth-order valence-corrected chi connectivity index (χ4v) is 4.39. The second-order valence-electron chi connectivity index (χ2n) is 6.43. The molecule has 1 aliphatic heterocycles. The van der Waals surface area contributed by atoms with Crippen molar-refractivity contribution in [2.75, 3.05) is 58.3 Å². The molecule has 146 valence electrons. The number of carbonyl (C=O) groups excluding carboxylic acids is 1. The van der Waals surface area contributed by atoms with Crippen molar-refractivity contribution in [2.24, 2.45) is 0 Å². The number of benzene rings is 1. The van der Waals surface area contributed by atoms with E-state index < -0.39 is 19.9 Å². The molecule has 26 heavy (non-hydrogen) atoms. The van der Waals surface area contributed by atoms with Gasteiger partial charge in [0.2, 0.25) is 15.9 Å². The molecule has 0 aliphatic carbocycles. The molecule has 2 rings (SSSR count). The lowest BCUT2D eigenvalue weighted by Gasteiger charge is -2.35. The molecule has 1 aliphatic rings. The Kier molecular flexibility index (Phi) is 6.78. The first-order valence-corrected chi connectivity index (χ1v) is 11.8. The van der Waals surface area contributed by atoms with Gasteiger partial charge in [-0.25, -0.2) is 16.8 Å². The average Bonchev–Trinajstić information content (AvgIpc) is 2.60. The van der Waals surface area contributed by atoms with E-state index in [0.29, 0.717) is 32.7 Å². The van der Waals surface area contributed by atoms with Crippen molar-refractivity contribution in [2.45, 2.75) is 4.90 Å². The lowest BCUT2D eigenvalue weighted by Crippen LogP contribution is -2.52. The number of piperazine rings is 1. The van der Waals surface area contributed by atoms with Gasteiger partial charge < -0.3 is 4.90 Å². The molecule has 0 unspecified atom stereocenters.